The van der Waals surface area contributed by atoms with Crippen LogP contribution in [0.3, 0.4) is 0 Å². The average molecular weight is 378 g/mol. The summed E-state index contributed by atoms with van der Waals surface area (Å²) in [6, 6.07) is 13.5. The van der Waals surface area contributed by atoms with Gasteiger partial charge in [0.1, 0.15) is 5.75 Å². The summed E-state index contributed by atoms with van der Waals surface area (Å²) in [5.74, 6) is 2.30. The summed E-state index contributed by atoms with van der Waals surface area (Å²) in [5, 5.41) is 4.47. The van der Waals surface area contributed by atoms with Crippen LogP contribution in [-0.2, 0) is 6.42 Å². The second kappa shape index (κ2) is 7.38. The summed E-state index contributed by atoms with van der Waals surface area (Å²) in [5.41, 5.74) is 3.59. The van der Waals surface area contributed by atoms with Crippen LogP contribution in [0, 0.1) is 0 Å². The predicted octanol–water partition coefficient (Wildman–Crippen LogP) is 3.81. The Hall–Kier alpha value is -3.28. The van der Waals surface area contributed by atoms with Crippen LogP contribution in [0.25, 0.3) is 5.69 Å². The van der Waals surface area contributed by atoms with E-state index >= 15 is 0 Å². The van der Waals surface area contributed by atoms with Gasteiger partial charge in [-0.3, -0.25) is 4.79 Å². The highest BCUT2D eigenvalue weighted by Crippen LogP contribution is 2.37. The lowest BCUT2D eigenvalue weighted by molar-refractivity contribution is 0.0963. The summed E-state index contributed by atoms with van der Waals surface area (Å²) in [6.07, 6.45) is 2.85. The minimum atomic E-state index is 0.0634. The van der Waals surface area contributed by atoms with Gasteiger partial charge in [0.05, 0.1) is 44.5 Å². The molecule has 2 aromatic carbocycles. The van der Waals surface area contributed by atoms with Gasteiger partial charge in [-0.15, -0.1) is 0 Å². The van der Waals surface area contributed by atoms with E-state index in [1.54, 1.807) is 27.5 Å². The van der Waals surface area contributed by atoms with Crippen molar-refractivity contribution in [2.45, 2.75) is 18.8 Å². The number of ketones is 1. The van der Waals surface area contributed by atoms with Crippen LogP contribution in [-0.4, -0.2) is 36.9 Å². The zero-order valence-electron chi connectivity index (χ0n) is 16.1. The van der Waals surface area contributed by atoms with Gasteiger partial charge in [0.2, 0.25) is 0 Å². The van der Waals surface area contributed by atoms with Gasteiger partial charge >= 0.3 is 0 Å². The number of Topliss-reactive ketones (excluding diaryl/α,β-unsaturated/α-hetero) is 1. The second-order valence-corrected chi connectivity index (χ2v) is 6.76. The zero-order chi connectivity index (χ0) is 19.7. The molecule has 1 atom stereocenters. The lowest BCUT2D eigenvalue weighted by atomic mass is 9.82. The Balaban J connectivity index is 1.69. The Bertz CT molecular complexity index is 1010. The molecule has 0 fully saturated rings. The van der Waals surface area contributed by atoms with Gasteiger partial charge in [-0.25, -0.2) is 4.68 Å². The average Bonchev–Trinajstić information content (AvgIpc) is 3.18. The summed E-state index contributed by atoms with van der Waals surface area (Å²) in [6.45, 7) is 0. The van der Waals surface area contributed by atoms with E-state index in [2.05, 4.69) is 5.10 Å². The highest BCUT2D eigenvalue weighted by atomic mass is 16.5. The summed E-state index contributed by atoms with van der Waals surface area (Å²) in [7, 11) is 4.86. The SMILES string of the molecule is COc1ccc(-n2ncc3c2CC(c2ccc(OC)c(OC)c2)CC3=O)cc1. The maximum absolute atomic E-state index is 12.8. The smallest absolute Gasteiger partial charge is 0.166 e. The van der Waals surface area contributed by atoms with Crippen molar-refractivity contribution in [3.8, 4) is 22.9 Å². The van der Waals surface area contributed by atoms with E-state index < -0.39 is 0 Å². The summed E-state index contributed by atoms with van der Waals surface area (Å²) >= 11 is 0. The number of hydrogen-bond acceptors (Lipinski definition) is 5. The molecule has 1 unspecified atom stereocenters. The number of benzene rings is 2. The monoisotopic (exact) mass is 378 g/mol. The van der Waals surface area contributed by atoms with Gasteiger partial charge < -0.3 is 14.2 Å². The Kier molecular flexibility index (Phi) is 4.77. The molecular weight excluding hydrogens is 356 g/mol. The maximum Gasteiger partial charge on any atom is 0.166 e. The van der Waals surface area contributed by atoms with Crippen molar-refractivity contribution in [2.24, 2.45) is 0 Å². The molecule has 1 aliphatic rings. The molecule has 0 saturated heterocycles. The molecule has 144 valence electrons. The van der Waals surface area contributed by atoms with E-state index in [-0.39, 0.29) is 11.7 Å². The lowest BCUT2D eigenvalue weighted by Crippen LogP contribution is -2.20. The molecule has 3 aromatic rings. The Labute approximate surface area is 163 Å². The molecule has 1 heterocycles. The molecule has 4 rings (SSSR count). The number of nitrogens with zero attached hydrogens (tertiary/aromatic N) is 2. The number of aromatic nitrogens is 2. The zero-order valence-corrected chi connectivity index (χ0v) is 16.1. The van der Waals surface area contributed by atoms with Crippen LogP contribution in [0.15, 0.2) is 48.7 Å². The third-order valence-corrected chi connectivity index (χ3v) is 5.24. The van der Waals surface area contributed by atoms with Crippen molar-refractivity contribution in [3.05, 3.63) is 65.5 Å². The van der Waals surface area contributed by atoms with E-state index in [1.165, 1.54) is 0 Å². The van der Waals surface area contributed by atoms with Crippen LogP contribution in [0.4, 0.5) is 0 Å². The molecule has 0 saturated carbocycles. The van der Waals surface area contributed by atoms with Crippen LogP contribution < -0.4 is 14.2 Å². The van der Waals surface area contributed by atoms with Crippen molar-refractivity contribution < 1.29 is 19.0 Å². The Morgan fingerprint density at radius 1 is 0.929 bits per heavy atom. The summed E-state index contributed by atoms with van der Waals surface area (Å²) in [4.78, 5) is 12.8. The van der Waals surface area contributed by atoms with E-state index in [1.807, 2.05) is 47.1 Å². The van der Waals surface area contributed by atoms with Gasteiger partial charge in [0.15, 0.2) is 17.3 Å². The molecule has 6 nitrogen and oxygen atoms in total. The molecule has 0 radical (unpaired) electrons. The standard InChI is InChI=1S/C22H22N2O4/c1-26-17-7-5-16(6-8-17)24-19-10-15(11-20(25)18(19)13-23-24)14-4-9-21(27-2)22(12-14)28-3/h4-9,12-13,15H,10-11H2,1-3H3. The fourth-order valence-corrected chi connectivity index (χ4v) is 3.73. The van der Waals surface area contributed by atoms with E-state index in [9.17, 15) is 4.79 Å². The third kappa shape index (κ3) is 3.11. The topological polar surface area (TPSA) is 62.6 Å². The van der Waals surface area contributed by atoms with Gasteiger partial charge in [-0.1, -0.05) is 6.07 Å². The number of hydrogen-bond donors (Lipinski definition) is 0. The molecule has 0 aliphatic heterocycles. The Morgan fingerprint density at radius 3 is 2.36 bits per heavy atom. The maximum atomic E-state index is 12.8. The molecule has 0 N–H and O–H groups in total. The molecule has 1 aliphatic carbocycles. The van der Waals surface area contributed by atoms with Crippen molar-refractivity contribution in [3.63, 3.8) is 0 Å². The molecular formula is C22H22N2O4. The fraction of sp³-hybridized carbons (Fsp3) is 0.273. The first-order chi connectivity index (χ1) is 13.6. The van der Waals surface area contributed by atoms with E-state index in [0.717, 1.165) is 29.1 Å². The van der Waals surface area contributed by atoms with Gasteiger partial charge in [0, 0.05) is 6.42 Å². The number of rotatable bonds is 5. The number of methoxy groups -OCH3 is 3. The normalized spacial score (nSPS) is 15.8. The molecule has 0 amide bonds. The highest BCUT2D eigenvalue weighted by Gasteiger charge is 2.30. The van der Waals surface area contributed by atoms with Crippen molar-refractivity contribution >= 4 is 5.78 Å². The summed E-state index contributed by atoms with van der Waals surface area (Å²) < 4.78 is 17.8. The minimum Gasteiger partial charge on any atom is -0.497 e. The molecule has 6 heteroatoms. The van der Waals surface area contributed by atoms with Crippen LogP contribution >= 0.6 is 0 Å². The van der Waals surface area contributed by atoms with Crippen LogP contribution in [0.1, 0.15) is 34.0 Å². The molecule has 0 spiro atoms. The lowest BCUT2D eigenvalue weighted by Gasteiger charge is -2.23. The van der Waals surface area contributed by atoms with Gasteiger partial charge in [0.25, 0.3) is 0 Å². The van der Waals surface area contributed by atoms with Crippen LogP contribution in [0.2, 0.25) is 0 Å². The molecule has 1 aromatic heterocycles. The molecule has 0 bridgehead atoms. The number of carbonyl (C=O) groups is 1. The van der Waals surface area contributed by atoms with E-state index in [0.29, 0.717) is 23.5 Å². The predicted molar refractivity (Wildman–Crippen MR) is 105 cm³/mol. The third-order valence-electron chi connectivity index (χ3n) is 5.24. The van der Waals surface area contributed by atoms with Crippen molar-refractivity contribution in [1.82, 2.24) is 9.78 Å². The first-order valence-corrected chi connectivity index (χ1v) is 9.11. The Morgan fingerprint density at radius 2 is 1.68 bits per heavy atom. The second-order valence-electron chi connectivity index (χ2n) is 6.76. The van der Waals surface area contributed by atoms with Crippen molar-refractivity contribution in [2.75, 3.05) is 21.3 Å². The van der Waals surface area contributed by atoms with Crippen molar-refractivity contribution in [1.29, 1.82) is 0 Å². The minimum absolute atomic E-state index is 0.0634. The van der Waals surface area contributed by atoms with Crippen LogP contribution in [0.5, 0.6) is 17.2 Å². The fourth-order valence-electron chi connectivity index (χ4n) is 3.73. The van der Waals surface area contributed by atoms with E-state index in [4.69, 9.17) is 14.2 Å². The highest BCUT2D eigenvalue weighted by molar-refractivity contribution is 5.98. The molecule has 28 heavy (non-hydrogen) atoms. The van der Waals surface area contributed by atoms with Gasteiger partial charge in [-0.05, 0) is 54.3 Å². The number of fused-ring (bicyclic) bond motifs is 1. The number of carbonyl (C=O) groups excluding carboxylic acids is 1. The number of ether oxygens (including phenoxy) is 3. The first kappa shape index (κ1) is 18.1. The first-order valence-electron chi connectivity index (χ1n) is 9.11. The largest absolute Gasteiger partial charge is 0.497 e. The quantitative estimate of drug-likeness (QED) is 0.676. The van der Waals surface area contributed by atoms with Gasteiger partial charge in [-0.2, -0.15) is 5.10 Å².